The van der Waals surface area contributed by atoms with E-state index in [1.807, 2.05) is 20.8 Å². The topological polar surface area (TPSA) is 62.2 Å². The molecule has 0 aliphatic rings. The quantitative estimate of drug-likeness (QED) is 0.841. The number of halogens is 2. The molecule has 0 saturated heterocycles. The number of aromatic nitrogens is 1. The second-order valence-corrected chi connectivity index (χ2v) is 6.41. The lowest BCUT2D eigenvalue weighted by Crippen LogP contribution is -2.34. The van der Waals surface area contributed by atoms with Crippen LogP contribution >= 0.6 is 23.2 Å². The lowest BCUT2D eigenvalue weighted by atomic mass is 9.89. The molecule has 0 fully saturated rings. The van der Waals surface area contributed by atoms with E-state index in [1.165, 1.54) is 12.3 Å². The van der Waals surface area contributed by atoms with Crippen molar-refractivity contribution < 1.29 is 9.90 Å². The van der Waals surface area contributed by atoms with Crippen LogP contribution in [0.5, 0.6) is 0 Å². The summed E-state index contributed by atoms with van der Waals surface area (Å²) in [6.07, 6.45) is 1.32. The lowest BCUT2D eigenvalue weighted by Gasteiger charge is -2.22. The lowest BCUT2D eigenvalue weighted by molar-refractivity contribution is 0.0868. The van der Waals surface area contributed by atoms with Crippen molar-refractivity contribution >= 4 is 29.1 Å². The predicted molar refractivity (Wildman–Crippen MR) is 76.7 cm³/mol. The summed E-state index contributed by atoms with van der Waals surface area (Å²) in [5.74, 6) is -0.373. The van der Waals surface area contributed by atoms with Gasteiger partial charge in [0, 0.05) is 12.7 Å². The van der Waals surface area contributed by atoms with Crippen molar-refractivity contribution in [2.45, 2.75) is 33.3 Å². The average Bonchev–Trinajstić information content (AvgIpc) is 2.27. The third-order valence-electron chi connectivity index (χ3n) is 2.41. The van der Waals surface area contributed by atoms with E-state index in [9.17, 15) is 9.90 Å². The van der Waals surface area contributed by atoms with Crippen LogP contribution in [0.2, 0.25) is 10.2 Å². The molecule has 0 aromatic carbocycles. The van der Waals surface area contributed by atoms with E-state index in [0.717, 1.165) is 0 Å². The zero-order valence-electron chi connectivity index (χ0n) is 11.2. The van der Waals surface area contributed by atoms with E-state index in [4.69, 9.17) is 23.2 Å². The van der Waals surface area contributed by atoms with E-state index in [2.05, 4.69) is 10.3 Å². The van der Waals surface area contributed by atoms with Gasteiger partial charge in [0.15, 0.2) is 0 Å². The Hall–Kier alpha value is -0.840. The van der Waals surface area contributed by atoms with Gasteiger partial charge in [0.1, 0.15) is 5.15 Å². The fraction of sp³-hybridized carbons (Fsp3) is 0.538. The normalized spacial score (nSPS) is 13.2. The maximum absolute atomic E-state index is 11.9. The molecule has 1 heterocycles. The molecule has 19 heavy (non-hydrogen) atoms. The molecule has 0 aliphatic heterocycles. The van der Waals surface area contributed by atoms with Crippen LogP contribution in [0.1, 0.15) is 37.6 Å². The number of carbonyl (C=O) groups is 1. The molecule has 0 spiro atoms. The maximum atomic E-state index is 11.9. The zero-order valence-corrected chi connectivity index (χ0v) is 12.7. The number of hydrogen-bond donors (Lipinski definition) is 2. The molecule has 1 aromatic heterocycles. The number of aliphatic hydroxyl groups excluding tert-OH is 1. The SMILES string of the molecule is CC(C)(C)CC(O)CNC(=O)c1cc(Cl)ncc1Cl. The molecular formula is C13H18Cl2N2O2. The van der Waals surface area contributed by atoms with Crippen LogP contribution in [0.3, 0.4) is 0 Å². The Morgan fingerprint density at radius 3 is 2.68 bits per heavy atom. The number of carbonyl (C=O) groups excluding carboxylic acids is 1. The number of pyridine rings is 1. The third-order valence-corrected chi connectivity index (χ3v) is 2.92. The summed E-state index contributed by atoms with van der Waals surface area (Å²) in [6, 6.07) is 1.40. The van der Waals surface area contributed by atoms with Gasteiger partial charge >= 0.3 is 0 Å². The molecule has 1 unspecified atom stereocenters. The van der Waals surface area contributed by atoms with Gasteiger partial charge in [-0.05, 0) is 17.9 Å². The monoisotopic (exact) mass is 304 g/mol. The van der Waals surface area contributed by atoms with Gasteiger partial charge in [-0.2, -0.15) is 0 Å². The number of rotatable bonds is 4. The minimum Gasteiger partial charge on any atom is -0.391 e. The summed E-state index contributed by atoms with van der Waals surface area (Å²) in [4.78, 5) is 15.7. The molecule has 0 radical (unpaired) electrons. The zero-order chi connectivity index (χ0) is 14.6. The number of hydrogen-bond acceptors (Lipinski definition) is 3. The molecule has 1 amide bonds. The van der Waals surface area contributed by atoms with E-state index >= 15 is 0 Å². The van der Waals surface area contributed by atoms with Crippen LogP contribution in [0.4, 0.5) is 0 Å². The third kappa shape index (κ3) is 5.76. The summed E-state index contributed by atoms with van der Waals surface area (Å²) in [6.45, 7) is 6.25. The molecule has 0 aliphatic carbocycles. The van der Waals surface area contributed by atoms with Crippen LogP contribution in [0.25, 0.3) is 0 Å². The molecule has 1 atom stereocenters. The molecule has 1 aromatic rings. The first kappa shape index (κ1) is 16.2. The van der Waals surface area contributed by atoms with E-state index in [1.54, 1.807) is 0 Å². The first-order valence-electron chi connectivity index (χ1n) is 5.96. The van der Waals surface area contributed by atoms with Crippen molar-refractivity contribution in [3.8, 4) is 0 Å². The highest BCUT2D eigenvalue weighted by Crippen LogP contribution is 2.21. The Morgan fingerprint density at radius 2 is 2.11 bits per heavy atom. The number of aliphatic hydroxyl groups is 1. The largest absolute Gasteiger partial charge is 0.391 e. The number of amides is 1. The van der Waals surface area contributed by atoms with Gasteiger partial charge in [0.25, 0.3) is 5.91 Å². The summed E-state index contributed by atoms with van der Waals surface area (Å²) >= 11 is 11.6. The van der Waals surface area contributed by atoms with Gasteiger partial charge < -0.3 is 10.4 Å². The van der Waals surface area contributed by atoms with Gasteiger partial charge in [-0.1, -0.05) is 44.0 Å². The fourth-order valence-electron chi connectivity index (χ4n) is 1.67. The molecule has 6 heteroatoms. The van der Waals surface area contributed by atoms with Gasteiger partial charge in [0.2, 0.25) is 0 Å². The highest BCUT2D eigenvalue weighted by molar-refractivity contribution is 6.35. The van der Waals surface area contributed by atoms with Crippen LogP contribution in [-0.4, -0.2) is 28.6 Å². The molecular weight excluding hydrogens is 287 g/mol. The Labute approximate surface area is 123 Å². The predicted octanol–water partition coefficient (Wildman–Crippen LogP) is 2.92. The van der Waals surface area contributed by atoms with Crippen molar-refractivity contribution in [2.24, 2.45) is 5.41 Å². The Balaban J connectivity index is 2.58. The standard InChI is InChI=1S/C13H18Cl2N2O2/c1-13(2,3)5-8(18)6-17-12(19)9-4-11(15)16-7-10(9)14/h4,7-8,18H,5-6H2,1-3H3,(H,17,19). The maximum Gasteiger partial charge on any atom is 0.253 e. The first-order valence-corrected chi connectivity index (χ1v) is 6.72. The van der Waals surface area contributed by atoms with Crippen LogP contribution in [0, 0.1) is 5.41 Å². The van der Waals surface area contributed by atoms with Gasteiger partial charge in [-0.15, -0.1) is 0 Å². The van der Waals surface area contributed by atoms with Gasteiger partial charge in [-0.25, -0.2) is 4.98 Å². The second-order valence-electron chi connectivity index (χ2n) is 5.62. The molecule has 0 bridgehead atoms. The Bertz CT molecular complexity index is 458. The number of nitrogens with one attached hydrogen (secondary N) is 1. The summed E-state index contributed by atoms with van der Waals surface area (Å²) in [5, 5.41) is 12.9. The minimum atomic E-state index is -0.597. The Kier molecular flexibility index (Phi) is 5.59. The summed E-state index contributed by atoms with van der Waals surface area (Å²) < 4.78 is 0. The molecule has 1 rings (SSSR count). The highest BCUT2D eigenvalue weighted by Gasteiger charge is 2.18. The summed E-state index contributed by atoms with van der Waals surface area (Å²) in [5.41, 5.74) is 0.256. The molecule has 106 valence electrons. The van der Waals surface area contributed by atoms with Crippen molar-refractivity contribution in [1.82, 2.24) is 10.3 Å². The van der Waals surface area contributed by atoms with Gasteiger partial charge in [-0.3, -0.25) is 4.79 Å². The van der Waals surface area contributed by atoms with E-state index < -0.39 is 6.10 Å². The Morgan fingerprint density at radius 1 is 1.47 bits per heavy atom. The summed E-state index contributed by atoms with van der Waals surface area (Å²) in [7, 11) is 0. The van der Waals surface area contributed by atoms with Crippen molar-refractivity contribution in [3.05, 3.63) is 28.0 Å². The van der Waals surface area contributed by atoms with Crippen molar-refractivity contribution in [1.29, 1.82) is 0 Å². The fourth-order valence-corrected chi connectivity index (χ4v) is 2.02. The molecule has 4 nitrogen and oxygen atoms in total. The number of nitrogens with zero attached hydrogens (tertiary/aromatic N) is 1. The van der Waals surface area contributed by atoms with Crippen molar-refractivity contribution in [2.75, 3.05) is 6.54 Å². The first-order chi connectivity index (χ1) is 8.69. The molecule has 2 N–H and O–H groups in total. The van der Waals surface area contributed by atoms with E-state index in [-0.39, 0.29) is 33.6 Å². The highest BCUT2D eigenvalue weighted by atomic mass is 35.5. The van der Waals surface area contributed by atoms with Gasteiger partial charge in [0.05, 0.1) is 16.7 Å². The average molecular weight is 305 g/mol. The van der Waals surface area contributed by atoms with Crippen LogP contribution in [0.15, 0.2) is 12.3 Å². The minimum absolute atomic E-state index is 0.00175. The second kappa shape index (κ2) is 6.55. The van der Waals surface area contributed by atoms with Crippen LogP contribution in [-0.2, 0) is 0 Å². The van der Waals surface area contributed by atoms with E-state index in [0.29, 0.717) is 6.42 Å². The smallest absolute Gasteiger partial charge is 0.253 e. The van der Waals surface area contributed by atoms with Crippen molar-refractivity contribution in [3.63, 3.8) is 0 Å². The molecule has 0 saturated carbocycles. The van der Waals surface area contributed by atoms with Crippen LogP contribution < -0.4 is 5.32 Å².